The summed E-state index contributed by atoms with van der Waals surface area (Å²) in [5.74, 6) is -1.98. The number of rotatable bonds is 6. The van der Waals surface area contributed by atoms with E-state index in [9.17, 15) is 19.2 Å². The Morgan fingerprint density at radius 3 is 2.62 bits per heavy atom. The van der Waals surface area contributed by atoms with Gasteiger partial charge in [-0.05, 0) is 30.5 Å². The standard InChI is InChI=1S/C16H19N3O5/c1-9(6-12(20)21)8-17-13(22)10-4-3-5-11(7-10)16(2)14(23)18-15(24)19-16/h3-5,7,9H,6,8H2,1-2H3,(H,17,22)(H,20,21)(H2,18,19,23,24). The molecule has 4 amide bonds. The molecule has 1 fully saturated rings. The lowest BCUT2D eigenvalue weighted by Crippen LogP contribution is -2.40. The molecule has 2 atom stereocenters. The zero-order chi connectivity index (χ0) is 17.9. The maximum absolute atomic E-state index is 12.2. The van der Waals surface area contributed by atoms with E-state index < -0.39 is 23.4 Å². The average molecular weight is 333 g/mol. The van der Waals surface area contributed by atoms with Crippen molar-refractivity contribution in [3.63, 3.8) is 0 Å². The van der Waals surface area contributed by atoms with Crippen LogP contribution < -0.4 is 16.0 Å². The van der Waals surface area contributed by atoms with Crippen molar-refractivity contribution in [1.29, 1.82) is 0 Å². The molecular weight excluding hydrogens is 314 g/mol. The molecule has 1 saturated heterocycles. The molecule has 1 aromatic carbocycles. The number of carboxylic acid groups (broad SMARTS) is 1. The molecule has 2 unspecified atom stereocenters. The van der Waals surface area contributed by atoms with Crippen LogP contribution in [0, 0.1) is 5.92 Å². The number of imide groups is 1. The van der Waals surface area contributed by atoms with E-state index in [2.05, 4.69) is 16.0 Å². The van der Waals surface area contributed by atoms with Crippen molar-refractivity contribution in [2.75, 3.05) is 6.54 Å². The monoisotopic (exact) mass is 333 g/mol. The summed E-state index contributed by atoms with van der Waals surface area (Å²) in [6.07, 6.45) is -0.0371. The third-order valence-corrected chi connectivity index (χ3v) is 3.88. The topological polar surface area (TPSA) is 125 Å². The van der Waals surface area contributed by atoms with Gasteiger partial charge < -0.3 is 15.7 Å². The van der Waals surface area contributed by atoms with E-state index in [1.165, 1.54) is 6.07 Å². The number of hydrogen-bond acceptors (Lipinski definition) is 4. The molecule has 4 N–H and O–H groups in total. The number of urea groups is 1. The van der Waals surface area contributed by atoms with Crippen LogP contribution in [0.15, 0.2) is 24.3 Å². The van der Waals surface area contributed by atoms with Crippen LogP contribution in [0.25, 0.3) is 0 Å². The van der Waals surface area contributed by atoms with E-state index in [1.807, 2.05) is 0 Å². The minimum Gasteiger partial charge on any atom is -0.481 e. The first kappa shape index (κ1) is 17.5. The molecule has 128 valence electrons. The predicted molar refractivity (Wildman–Crippen MR) is 84.2 cm³/mol. The van der Waals surface area contributed by atoms with Crippen molar-refractivity contribution in [3.05, 3.63) is 35.4 Å². The van der Waals surface area contributed by atoms with Crippen LogP contribution in [-0.4, -0.2) is 35.5 Å². The number of carbonyl (C=O) groups excluding carboxylic acids is 3. The molecule has 8 heteroatoms. The molecule has 0 radical (unpaired) electrons. The molecule has 0 spiro atoms. The first-order valence-electron chi connectivity index (χ1n) is 7.46. The Morgan fingerprint density at radius 2 is 2.04 bits per heavy atom. The quantitative estimate of drug-likeness (QED) is 0.567. The van der Waals surface area contributed by atoms with Crippen molar-refractivity contribution in [3.8, 4) is 0 Å². The fourth-order valence-electron chi connectivity index (χ4n) is 2.46. The largest absolute Gasteiger partial charge is 0.481 e. The third-order valence-electron chi connectivity index (χ3n) is 3.88. The van der Waals surface area contributed by atoms with Crippen LogP contribution in [0.2, 0.25) is 0 Å². The first-order valence-corrected chi connectivity index (χ1v) is 7.46. The minimum absolute atomic E-state index is 0.0371. The second-order valence-corrected chi connectivity index (χ2v) is 6.03. The number of benzene rings is 1. The normalized spacial score (nSPS) is 20.9. The Bertz CT molecular complexity index is 703. The Labute approximate surface area is 138 Å². The van der Waals surface area contributed by atoms with Gasteiger partial charge in [0.05, 0.1) is 0 Å². The van der Waals surface area contributed by atoms with Gasteiger partial charge in [-0.2, -0.15) is 0 Å². The summed E-state index contributed by atoms with van der Waals surface area (Å²) in [5.41, 5.74) is -0.425. The maximum atomic E-state index is 12.2. The van der Waals surface area contributed by atoms with Gasteiger partial charge in [0.15, 0.2) is 0 Å². The molecule has 24 heavy (non-hydrogen) atoms. The van der Waals surface area contributed by atoms with Crippen LogP contribution >= 0.6 is 0 Å². The van der Waals surface area contributed by atoms with Crippen molar-refractivity contribution in [2.24, 2.45) is 5.92 Å². The average Bonchev–Trinajstić information content (AvgIpc) is 2.78. The molecule has 2 rings (SSSR count). The number of aliphatic carboxylic acids is 1. The second-order valence-electron chi connectivity index (χ2n) is 6.03. The number of nitrogens with one attached hydrogen (secondary N) is 3. The number of amides is 4. The van der Waals surface area contributed by atoms with Crippen LogP contribution in [0.3, 0.4) is 0 Å². The molecule has 1 aliphatic rings. The molecule has 0 saturated carbocycles. The lowest BCUT2D eigenvalue weighted by atomic mass is 9.91. The van der Waals surface area contributed by atoms with Gasteiger partial charge in [-0.15, -0.1) is 0 Å². The van der Waals surface area contributed by atoms with Gasteiger partial charge in [-0.25, -0.2) is 4.79 Å². The molecule has 8 nitrogen and oxygen atoms in total. The molecule has 1 aliphatic heterocycles. The summed E-state index contributed by atoms with van der Waals surface area (Å²) >= 11 is 0. The number of hydrogen-bond donors (Lipinski definition) is 4. The lowest BCUT2D eigenvalue weighted by Gasteiger charge is -2.21. The number of carbonyl (C=O) groups is 4. The Morgan fingerprint density at radius 1 is 1.33 bits per heavy atom. The van der Waals surface area contributed by atoms with Gasteiger partial charge in [0.1, 0.15) is 5.54 Å². The highest BCUT2D eigenvalue weighted by molar-refractivity contribution is 6.07. The Balaban J connectivity index is 2.10. The van der Waals surface area contributed by atoms with Crippen LogP contribution in [0.4, 0.5) is 4.79 Å². The van der Waals surface area contributed by atoms with E-state index in [-0.39, 0.29) is 24.8 Å². The predicted octanol–water partition coefficient (Wildman–Crippen LogP) is 0.582. The smallest absolute Gasteiger partial charge is 0.322 e. The van der Waals surface area contributed by atoms with Gasteiger partial charge in [0, 0.05) is 18.5 Å². The van der Waals surface area contributed by atoms with Crippen LogP contribution in [0.5, 0.6) is 0 Å². The number of carboxylic acids is 1. The summed E-state index contributed by atoms with van der Waals surface area (Å²) in [6.45, 7) is 3.51. The highest BCUT2D eigenvalue weighted by Crippen LogP contribution is 2.25. The summed E-state index contributed by atoms with van der Waals surface area (Å²) < 4.78 is 0. The highest BCUT2D eigenvalue weighted by atomic mass is 16.4. The van der Waals surface area contributed by atoms with E-state index >= 15 is 0 Å². The first-order chi connectivity index (χ1) is 11.2. The van der Waals surface area contributed by atoms with Gasteiger partial charge in [0.25, 0.3) is 11.8 Å². The van der Waals surface area contributed by atoms with Crippen molar-refractivity contribution in [2.45, 2.75) is 25.8 Å². The third kappa shape index (κ3) is 3.70. The summed E-state index contributed by atoms with van der Waals surface area (Å²) in [7, 11) is 0. The van der Waals surface area contributed by atoms with Crippen LogP contribution in [-0.2, 0) is 15.1 Å². The molecule has 1 heterocycles. The fraction of sp³-hybridized carbons (Fsp3) is 0.375. The maximum Gasteiger partial charge on any atom is 0.322 e. The molecular formula is C16H19N3O5. The highest BCUT2D eigenvalue weighted by Gasteiger charge is 2.43. The minimum atomic E-state index is -1.23. The van der Waals surface area contributed by atoms with E-state index in [0.29, 0.717) is 11.1 Å². The summed E-state index contributed by atoms with van der Waals surface area (Å²) in [4.78, 5) is 46.1. The zero-order valence-electron chi connectivity index (χ0n) is 13.4. The molecule has 0 bridgehead atoms. The summed E-state index contributed by atoms with van der Waals surface area (Å²) in [5, 5.41) is 16.1. The lowest BCUT2D eigenvalue weighted by molar-refractivity contribution is -0.138. The van der Waals surface area contributed by atoms with E-state index in [4.69, 9.17) is 5.11 Å². The van der Waals surface area contributed by atoms with Gasteiger partial charge in [0.2, 0.25) is 0 Å². The second kappa shape index (κ2) is 6.69. The van der Waals surface area contributed by atoms with E-state index in [0.717, 1.165) is 0 Å². The zero-order valence-corrected chi connectivity index (χ0v) is 13.4. The summed E-state index contributed by atoms with van der Waals surface area (Å²) in [6, 6.07) is 5.80. The molecule has 0 aliphatic carbocycles. The van der Waals surface area contributed by atoms with Crippen molar-refractivity contribution < 1.29 is 24.3 Å². The Hall–Kier alpha value is -2.90. The Kier molecular flexibility index (Phi) is 4.87. The van der Waals surface area contributed by atoms with E-state index in [1.54, 1.807) is 32.0 Å². The van der Waals surface area contributed by atoms with Gasteiger partial charge in [-0.1, -0.05) is 19.1 Å². The SMILES string of the molecule is CC(CNC(=O)c1cccc(C2(C)NC(=O)NC2=O)c1)CC(=O)O. The van der Waals surface area contributed by atoms with Crippen molar-refractivity contribution in [1.82, 2.24) is 16.0 Å². The van der Waals surface area contributed by atoms with Gasteiger partial charge in [-0.3, -0.25) is 19.7 Å². The molecule has 1 aromatic rings. The fourth-order valence-corrected chi connectivity index (χ4v) is 2.46. The molecule has 0 aromatic heterocycles. The van der Waals surface area contributed by atoms with Gasteiger partial charge >= 0.3 is 12.0 Å². The van der Waals surface area contributed by atoms with Crippen molar-refractivity contribution >= 4 is 23.8 Å². The van der Waals surface area contributed by atoms with Crippen LogP contribution in [0.1, 0.15) is 36.2 Å².